The van der Waals surface area contributed by atoms with Crippen molar-refractivity contribution in [3.63, 3.8) is 0 Å². The van der Waals surface area contributed by atoms with E-state index in [-0.39, 0.29) is 41.4 Å². The van der Waals surface area contributed by atoms with E-state index in [2.05, 4.69) is 15.8 Å². The lowest BCUT2D eigenvalue weighted by Crippen LogP contribution is -2.57. The summed E-state index contributed by atoms with van der Waals surface area (Å²) in [6.45, 7) is 3.68. The zero-order valence-electron chi connectivity index (χ0n) is 18.9. The lowest BCUT2D eigenvalue weighted by atomic mass is 10.0. The molecule has 1 aromatic rings. The van der Waals surface area contributed by atoms with Crippen molar-refractivity contribution in [1.29, 1.82) is 0 Å². The van der Waals surface area contributed by atoms with E-state index in [0.29, 0.717) is 32.2 Å². The second-order valence-electron chi connectivity index (χ2n) is 8.29. The van der Waals surface area contributed by atoms with Crippen LogP contribution in [0, 0.1) is 0 Å². The molecule has 0 radical (unpaired) electrons. The number of hydrazone groups is 1. The molecule has 1 aliphatic heterocycles. The third-order valence-corrected chi connectivity index (χ3v) is 6.85. The molecule has 3 atom stereocenters. The Morgan fingerprint density at radius 3 is 2.65 bits per heavy atom. The standard InChI is InChI=1S/C21H29ClN4O7S/c1-13-10-17(29)26(13)12-21(2,34(32)33)11-24-25-16(28)6-4-3-5-9-23-20(31)14-7-8-15(27)19(30)18(14)22/h7-8,11,13,27,30H,3-6,9-10,12H2,1-2H3,(H,23,31)(H,25,28)(H,32,33)/b24-11+/t13-,21+/m1/s1. The van der Waals surface area contributed by atoms with Gasteiger partial charge in [-0.2, -0.15) is 5.10 Å². The Balaban J connectivity index is 1.68. The fraction of sp³-hybridized carbons (Fsp3) is 0.524. The second kappa shape index (κ2) is 12.1. The Kier molecular flexibility index (Phi) is 9.83. The number of benzene rings is 1. The lowest BCUT2D eigenvalue weighted by molar-refractivity contribution is -0.145. The predicted molar refractivity (Wildman–Crippen MR) is 127 cm³/mol. The molecule has 2 rings (SSSR count). The van der Waals surface area contributed by atoms with Gasteiger partial charge in [0.15, 0.2) is 22.6 Å². The van der Waals surface area contributed by atoms with Gasteiger partial charge in [-0.1, -0.05) is 18.0 Å². The zero-order chi connectivity index (χ0) is 25.5. The summed E-state index contributed by atoms with van der Waals surface area (Å²) in [5, 5.41) is 25.2. The molecule has 1 heterocycles. The minimum absolute atomic E-state index is 0.00613. The molecule has 1 aliphatic rings. The largest absolute Gasteiger partial charge is 0.504 e. The van der Waals surface area contributed by atoms with Gasteiger partial charge in [0, 0.05) is 38.2 Å². The van der Waals surface area contributed by atoms with Crippen LogP contribution in [0.15, 0.2) is 17.2 Å². The van der Waals surface area contributed by atoms with E-state index in [0.717, 1.165) is 0 Å². The average molecular weight is 517 g/mol. The molecule has 0 aromatic heterocycles. The predicted octanol–water partition coefficient (Wildman–Crippen LogP) is 1.74. The first-order valence-electron chi connectivity index (χ1n) is 10.7. The Labute approximate surface area is 204 Å². The van der Waals surface area contributed by atoms with Crippen molar-refractivity contribution in [2.75, 3.05) is 13.1 Å². The van der Waals surface area contributed by atoms with Gasteiger partial charge in [-0.3, -0.25) is 14.4 Å². The van der Waals surface area contributed by atoms with Crippen LogP contribution in [0.4, 0.5) is 0 Å². The van der Waals surface area contributed by atoms with Crippen molar-refractivity contribution in [1.82, 2.24) is 15.6 Å². The Morgan fingerprint density at radius 2 is 2.03 bits per heavy atom. The number of β-lactam (4-membered cyclic amide) rings is 1. The number of hydrogen-bond acceptors (Lipinski definition) is 7. The average Bonchev–Trinajstić information content (AvgIpc) is 2.78. The fourth-order valence-electron chi connectivity index (χ4n) is 3.25. The van der Waals surface area contributed by atoms with E-state index in [1.54, 1.807) is 0 Å². The summed E-state index contributed by atoms with van der Waals surface area (Å²) < 4.78 is 20.1. The van der Waals surface area contributed by atoms with Gasteiger partial charge < -0.3 is 25.0 Å². The molecule has 0 saturated carbocycles. The van der Waals surface area contributed by atoms with Gasteiger partial charge in [-0.25, -0.2) is 9.63 Å². The van der Waals surface area contributed by atoms with Crippen molar-refractivity contribution in [3.05, 3.63) is 22.7 Å². The highest BCUT2D eigenvalue weighted by molar-refractivity contribution is 7.81. The van der Waals surface area contributed by atoms with Gasteiger partial charge >= 0.3 is 0 Å². The molecular formula is C21H29ClN4O7S. The van der Waals surface area contributed by atoms with Crippen LogP contribution in [0.25, 0.3) is 0 Å². The van der Waals surface area contributed by atoms with Gasteiger partial charge in [0.05, 0.1) is 10.6 Å². The van der Waals surface area contributed by atoms with Gasteiger partial charge in [-0.15, -0.1) is 0 Å². The van der Waals surface area contributed by atoms with Crippen LogP contribution >= 0.6 is 11.6 Å². The van der Waals surface area contributed by atoms with Gasteiger partial charge in [0.25, 0.3) is 5.91 Å². The van der Waals surface area contributed by atoms with Crippen molar-refractivity contribution >= 4 is 46.6 Å². The molecule has 1 saturated heterocycles. The normalized spacial score (nSPS) is 18.3. The summed E-state index contributed by atoms with van der Waals surface area (Å²) >= 11 is 3.55. The number of nitrogens with zero attached hydrogens (tertiary/aromatic N) is 2. The summed E-state index contributed by atoms with van der Waals surface area (Å²) in [5.41, 5.74) is 2.36. The number of phenolic OH excluding ortho intramolecular Hbond substituents is 2. The third-order valence-electron chi connectivity index (χ3n) is 5.44. The SMILES string of the molecule is C[C@@H]1CC(=O)N1C[C@](C)(/C=N/NC(=O)CCCCCNC(=O)c1ccc(O)c(O)c1Cl)S(=O)O. The third kappa shape index (κ3) is 7.15. The van der Waals surface area contributed by atoms with E-state index in [1.807, 2.05) is 6.92 Å². The molecule has 0 bridgehead atoms. The second-order valence-corrected chi connectivity index (χ2v) is 10.1. The van der Waals surface area contributed by atoms with Crippen LogP contribution in [0.1, 0.15) is 56.3 Å². The Bertz CT molecular complexity index is 990. The van der Waals surface area contributed by atoms with Crippen molar-refractivity contribution in [3.8, 4) is 11.5 Å². The number of amides is 3. The number of aromatic hydroxyl groups is 2. The van der Waals surface area contributed by atoms with E-state index in [1.165, 1.54) is 30.2 Å². The fourth-order valence-corrected chi connectivity index (χ4v) is 3.89. The number of nitrogens with one attached hydrogen (secondary N) is 2. The Hall–Kier alpha value is -2.70. The van der Waals surface area contributed by atoms with Crippen molar-refractivity contribution in [2.24, 2.45) is 5.10 Å². The van der Waals surface area contributed by atoms with Crippen molar-refractivity contribution in [2.45, 2.75) is 56.7 Å². The molecule has 34 heavy (non-hydrogen) atoms. The van der Waals surface area contributed by atoms with E-state index in [9.17, 15) is 33.4 Å². The Morgan fingerprint density at radius 1 is 1.32 bits per heavy atom. The highest BCUT2D eigenvalue weighted by Crippen LogP contribution is 2.35. The molecule has 5 N–H and O–H groups in total. The topological polar surface area (TPSA) is 169 Å². The first kappa shape index (κ1) is 27.5. The molecule has 1 fully saturated rings. The molecule has 0 spiro atoms. The van der Waals surface area contributed by atoms with E-state index in [4.69, 9.17) is 11.6 Å². The van der Waals surface area contributed by atoms with Gasteiger partial charge in [0.2, 0.25) is 11.8 Å². The molecule has 13 heteroatoms. The van der Waals surface area contributed by atoms with Crippen LogP contribution in [-0.2, 0) is 20.7 Å². The first-order chi connectivity index (χ1) is 16.0. The maximum absolute atomic E-state index is 12.1. The molecule has 3 amide bonds. The number of phenols is 2. The zero-order valence-corrected chi connectivity index (χ0v) is 20.5. The van der Waals surface area contributed by atoms with Crippen LogP contribution in [-0.4, -0.2) is 71.7 Å². The monoisotopic (exact) mass is 516 g/mol. The molecule has 11 nitrogen and oxygen atoms in total. The van der Waals surface area contributed by atoms with Crippen LogP contribution in [0.5, 0.6) is 11.5 Å². The molecule has 188 valence electrons. The van der Waals surface area contributed by atoms with Crippen LogP contribution in [0.3, 0.4) is 0 Å². The van der Waals surface area contributed by atoms with Gasteiger partial charge in [-0.05, 0) is 38.8 Å². The van der Waals surface area contributed by atoms with E-state index >= 15 is 0 Å². The highest BCUT2D eigenvalue weighted by Gasteiger charge is 2.40. The number of halogens is 1. The number of hydrogen-bond donors (Lipinski definition) is 5. The van der Waals surface area contributed by atoms with Crippen LogP contribution in [0.2, 0.25) is 5.02 Å². The molecule has 1 unspecified atom stereocenters. The van der Waals surface area contributed by atoms with Crippen LogP contribution < -0.4 is 10.7 Å². The molecule has 0 aliphatic carbocycles. The number of rotatable bonds is 12. The van der Waals surface area contributed by atoms with E-state index < -0.39 is 33.2 Å². The smallest absolute Gasteiger partial charge is 0.252 e. The van der Waals surface area contributed by atoms with Gasteiger partial charge in [0.1, 0.15) is 4.75 Å². The first-order valence-corrected chi connectivity index (χ1v) is 12.2. The minimum atomic E-state index is -2.30. The summed E-state index contributed by atoms with van der Waals surface area (Å²) in [6, 6.07) is 2.47. The maximum atomic E-state index is 12.1. The summed E-state index contributed by atoms with van der Waals surface area (Å²) in [5.74, 6) is -1.93. The number of unbranched alkanes of at least 4 members (excludes halogenated alkanes) is 2. The summed E-state index contributed by atoms with van der Waals surface area (Å²) in [4.78, 5) is 37.2. The molecular weight excluding hydrogens is 488 g/mol. The number of carbonyl (C=O) groups excluding carboxylic acids is 3. The maximum Gasteiger partial charge on any atom is 0.252 e. The summed E-state index contributed by atoms with van der Waals surface area (Å²) in [6.07, 6.45) is 3.51. The quantitative estimate of drug-likeness (QED) is 0.0703. The molecule has 1 aromatic carbocycles. The highest BCUT2D eigenvalue weighted by atomic mass is 35.5. The lowest BCUT2D eigenvalue weighted by Gasteiger charge is -2.41. The summed E-state index contributed by atoms with van der Waals surface area (Å²) in [7, 11) is 0. The number of likely N-dealkylation sites (tertiary alicyclic amines) is 1. The number of carbonyl (C=O) groups is 3. The minimum Gasteiger partial charge on any atom is -0.504 e. The van der Waals surface area contributed by atoms with Crippen molar-refractivity contribution < 1.29 is 33.4 Å².